The van der Waals surface area contributed by atoms with Crippen molar-refractivity contribution in [3.8, 4) is 22.4 Å². The summed E-state index contributed by atoms with van der Waals surface area (Å²) in [4.78, 5) is 44.3. The summed E-state index contributed by atoms with van der Waals surface area (Å²) in [6.45, 7) is 2.43. The van der Waals surface area contributed by atoms with Gasteiger partial charge in [-0.25, -0.2) is 19.7 Å². The second-order valence-electron chi connectivity index (χ2n) is 8.28. The number of nitrogens with zero attached hydrogens (tertiary/aromatic N) is 6. The monoisotopic (exact) mass is 508 g/mol. The van der Waals surface area contributed by atoms with Crippen molar-refractivity contribution < 1.29 is 9.90 Å². The lowest BCUT2D eigenvalue weighted by Gasteiger charge is -2.19. The smallest absolute Gasteiger partial charge is 0.407 e. The Morgan fingerprint density at radius 2 is 2.00 bits per heavy atom. The summed E-state index contributed by atoms with van der Waals surface area (Å²) < 4.78 is 1.60. The lowest BCUT2D eigenvalue weighted by molar-refractivity contribution is 0.154. The molecule has 1 fully saturated rings. The Morgan fingerprint density at radius 3 is 2.69 bits per heavy atom. The van der Waals surface area contributed by atoms with Crippen molar-refractivity contribution in [3.05, 3.63) is 63.9 Å². The second-order valence-corrected chi connectivity index (χ2v) is 9.46. The van der Waals surface area contributed by atoms with E-state index in [-0.39, 0.29) is 18.1 Å². The Labute approximate surface area is 209 Å². The van der Waals surface area contributed by atoms with Crippen molar-refractivity contribution >= 4 is 40.5 Å². The molecule has 0 radical (unpaired) electrons. The van der Waals surface area contributed by atoms with Gasteiger partial charge in [0.1, 0.15) is 5.65 Å². The predicted molar refractivity (Wildman–Crippen MR) is 135 cm³/mol. The van der Waals surface area contributed by atoms with Gasteiger partial charge in [0, 0.05) is 52.6 Å². The Morgan fingerprint density at radius 1 is 1.17 bits per heavy atom. The van der Waals surface area contributed by atoms with Crippen molar-refractivity contribution in [2.45, 2.75) is 24.5 Å². The summed E-state index contributed by atoms with van der Waals surface area (Å²) in [6.07, 6.45) is 6.40. The predicted octanol–water partition coefficient (Wildman–Crippen LogP) is 4.52. The number of fused-ring (bicyclic) bond motifs is 1. The average molecular weight is 509 g/mol. The lowest BCUT2D eigenvalue weighted by atomic mass is 10.0. The largest absolute Gasteiger partial charge is 0.465 e. The molecule has 1 unspecified atom stereocenters. The molecule has 0 spiro atoms. The van der Waals surface area contributed by atoms with Crippen molar-refractivity contribution in [2.75, 3.05) is 19.3 Å². The maximum Gasteiger partial charge on any atom is 0.407 e. The molecule has 5 rings (SSSR count). The molecule has 0 aliphatic carbocycles. The number of thioether (sulfide) groups is 1. The number of hydrogen-bond acceptors (Lipinski definition) is 7. The van der Waals surface area contributed by atoms with Crippen LogP contribution in [0.25, 0.3) is 33.4 Å². The number of halogens is 1. The Balaban J connectivity index is 1.67. The lowest BCUT2D eigenvalue weighted by Crippen LogP contribution is -2.31. The fourth-order valence-electron chi connectivity index (χ4n) is 4.36. The fraction of sp³-hybridized carbons (Fsp3) is 0.250. The number of hydrogen-bond donors (Lipinski definition) is 1. The van der Waals surface area contributed by atoms with E-state index in [9.17, 15) is 14.7 Å². The molecule has 1 atom stereocenters. The van der Waals surface area contributed by atoms with E-state index in [1.807, 2.05) is 19.2 Å². The molecule has 1 amide bonds. The van der Waals surface area contributed by atoms with Gasteiger partial charge in [0.2, 0.25) is 0 Å². The van der Waals surface area contributed by atoms with Crippen LogP contribution in [0.2, 0.25) is 5.02 Å². The van der Waals surface area contributed by atoms with E-state index >= 15 is 0 Å². The second kappa shape index (κ2) is 9.27. The van der Waals surface area contributed by atoms with Crippen LogP contribution in [-0.2, 0) is 0 Å². The summed E-state index contributed by atoms with van der Waals surface area (Å²) in [6, 6.07) is 6.82. The van der Waals surface area contributed by atoms with Crippen LogP contribution in [0, 0.1) is 6.92 Å². The van der Waals surface area contributed by atoms with Crippen LogP contribution in [0.15, 0.2) is 52.8 Å². The average Bonchev–Trinajstić information content (AvgIpc) is 3.33. The molecule has 1 aliphatic rings. The van der Waals surface area contributed by atoms with Gasteiger partial charge in [0.15, 0.2) is 5.16 Å². The number of carboxylic acid groups (broad SMARTS) is 1. The van der Waals surface area contributed by atoms with Crippen LogP contribution in [0.4, 0.5) is 4.79 Å². The maximum atomic E-state index is 13.8. The molecule has 1 aromatic carbocycles. The minimum atomic E-state index is -1.00. The highest BCUT2D eigenvalue weighted by atomic mass is 35.5. The minimum absolute atomic E-state index is 0.213. The third-order valence-electron chi connectivity index (χ3n) is 6.04. The summed E-state index contributed by atoms with van der Waals surface area (Å²) in [5, 5.41) is 11.0. The van der Waals surface area contributed by atoms with Crippen molar-refractivity contribution in [2.24, 2.45) is 0 Å². The first-order valence-corrected chi connectivity index (χ1v) is 12.5. The highest BCUT2D eigenvalue weighted by Gasteiger charge is 2.30. The van der Waals surface area contributed by atoms with Gasteiger partial charge in [-0.3, -0.25) is 14.3 Å². The zero-order valence-electron chi connectivity index (χ0n) is 19.0. The van der Waals surface area contributed by atoms with Gasteiger partial charge in [-0.15, -0.1) is 0 Å². The molecule has 4 heterocycles. The standard InChI is InChI=1S/C24H21ClN6O3S/c1-13-9-26-11-20(28-13)14-3-4-17(19(25)8-14)18-7-15-10-27-23(35-2)29-21(15)31(22(18)32)16-5-6-30(12-16)24(33)34/h3-4,7-11,16H,5-6,12H2,1-2H3,(H,33,34). The van der Waals surface area contributed by atoms with Gasteiger partial charge in [-0.2, -0.15) is 0 Å². The normalized spacial score (nSPS) is 15.6. The highest BCUT2D eigenvalue weighted by Crippen LogP contribution is 2.33. The molecule has 11 heteroatoms. The summed E-state index contributed by atoms with van der Waals surface area (Å²) in [5.74, 6) is 0. The molecule has 9 nitrogen and oxygen atoms in total. The molecule has 35 heavy (non-hydrogen) atoms. The van der Waals surface area contributed by atoms with Crippen LogP contribution >= 0.6 is 23.4 Å². The maximum absolute atomic E-state index is 13.8. The fourth-order valence-corrected chi connectivity index (χ4v) is 4.97. The Hall–Kier alpha value is -3.50. The van der Waals surface area contributed by atoms with Gasteiger partial charge in [-0.1, -0.05) is 35.5 Å². The van der Waals surface area contributed by atoms with Gasteiger partial charge in [0.05, 0.1) is 23.6 Å². The van der Waals surface area contributed by atoms with E-state index in [0.29, 0.717) is 51.0 Å². The van der Waals surface area contributed by atoms with Crippen molar-refractivity contribution in [3.63, 3.8) is 0 Å². The molecule has 3 aromatic heterocycles. The third kappa shape index (κ3) is 4.35. The molecule has 0 saturated carbocycles. The van der Waals surface area contributed by atoms with Crippen LogP contribution in [0.5, 0.6) is 0 Å². The first-order valence-electron chi connectivity index (χ1n) is 10.9. The van der Waals surface area contributed by atoms with E-state index in [4.69, 9.17) is 11.6 Å². The van der Waals surface area contributed by atoms with Gasteiger partial charge < -0.3 is 10.0 Å². The van der Waals surface area contributed by atoms with E-state index in [1.165, 1.54) is 16.7 Å². The Bertz CT molecular complexity index is 1530. The van der Waals surface area contributed by atoms with Crippen LogP contribution in [0.1, 0.15) is 18.2 Å². The number of rotatable bonds is 4. The van der Waals surface area contributed by atoms with E-state index in [1.54, 1.807) is 41.4 Å². The number of aromatic nitrogens is 5. The molecule has 1 saturated heterocycles. The summed E-state index contributed by atoms with van der Waals surface area (Å²) in [5.41, 5.74) is 3.45. The highest BCUT2D eigenvalue weighted by molar-refractivity contribution is 7.98. The molecular formula is C24H21ClN6O3S. The summed E-state index contributed by atoms with van der Waals surface area (Å²) in [7, 11) is 0. The third-order valence-corrected chi connectivity index (χ3v) is 6.92. The van der Waals surface area contributed by atoms with Gasteiger partial charge >= 0.3 is 6.09 Å². The van der Waals surface area contributed by atoms with Crippen LogP contribution in [-0.4, -0.2) is 59.9 Å². The van der Waals surface area contributed by atoms with E-state index < -0.39 is 6.09 Å². The quantitative estimate of drug-likeness (QED) is 0.316. The van der Waals surface area contributed by atoms with Crippen molar-refractivity contribution in [1.82, 2.24) is 29.4 Å². The topological polar surface area (TPSA) is 114 Å². The number of benzene rings is 1. The number of pyridine rings is 1. The number of carbonyl (C=O) groups is 1. The molecule has 1 N–H and O–H groups in total. The number of amides is 1. The Kier molecular flexibility index (Phi) is 6.16. The molecule has 178 valence electrons. The molecule has 0 bridgehead atoms. The van der Waals surface area contributed by atoms with Crippen molar-refractivity contribution in [1.29, 1.82) is 0 Å². The van der Waals surface area contributed by atoms with Gasteiger partial charge in [-0.05, 0) is 31.7 Å². The molecular weight excluding hydrogens is 488 g/mol. The van der Waals surface area contributed by atoms with Gasteiger partial charge in [0.25, 0.3) is 5.56 Å². The SMILES string of the molecule is CSc1ncc2cc(-c3ccc(-c4cncc(C)n4)cc3Cl)c(=O)n(C3CCN(C(=O)O)C3)c2n1. The van der Waals surface area contributed by atoms with E-state index in [0.717, 1.165) is 11.3 Å². The van der Waals surface area contributed by atoms with Crippen LogP contribution < -0.4 is 5.56 Å². The zero-order valence-corrected chi connectivity index (χ0v) is 20.5. The first-order chi connectivity index (χ1) is 16.9. The van der Waals surface area contributed by atoms with Crippen LogP contribution in [0.3, 0.4) is 0 Å². The molecule has 4 aromatic rings. The number of aryl methyl sites for hydroxylation is 1. The minimum Gasteiger partial charge on any atom is -0.465 e. The first kappa shape index (κ1) is 23.3. The zero-order chi connectivity index (χ0) is 24.7. The van der Waals surface area contributed by atoms with E-state index in [2.05, 4.69) is 19.9 Å². The molecule has 1 aliphatic heterocycles. The summed E-state index contributed by atoms with van der Waals surface area (Å²) >= 11 is 8.06. The number of likely N-dealkylation sites (tertiary alicyclic amines) is 1.